The second kappa shape index (κ2) is 5.81. The van der Waals surface area contributed by atoms with Crippen LogP contribution in [0, 0.1) is 11.3 Å². The van der Waals surface area contributed by atoms with Gasteiger partial charge >= 0.3 is 0 Å². The highest BCUT2D eigenvalue weighted by atomic mass is 32.1. The average molecular weight is 269 g/mol. The number of nitriles is 1. The monoisotopic (exact) mass is 269 g/mol. The van der Waals surface area contributed by atoms with Gasteiger partial charge in [0.25, 0.3) is 0 Å². The summed E-state index contributed by atoms with van der Waals surface area (Å²) in [6.07, 6.45) is 0.695. The van der Waals surface area contributed by atoms with Gasteiger partial charge in [0.1, 0.15) is 0 Å². The number of nitrogens with zero attached hydrogens (tertiary/aromatic N) is 1. The van der Waals surface area contributed by atoms with Crippen molar-refractivity contribution in [3.63, 3.8) is 0 Å². The maximum Gasteiger partial charge on any atom is 0.0994 e. The Kier molecular flexibility index (Phi) is 4.14. The van der Waals surface area contributed by atoms with E-state index >= 15 is 0 Å². The summed E-state index contributed by atoms with van der Waals surface area (Å²) >= 11 is 9.36. The minimum atomic E-state index is 0.526. The van der Waals surface area contributed by atoms with Crippen LogP contribution < -0.4 is 0 Å². The number of hydrogen-bond acceptors (Lipinski definition) is 2. The Morgan fingerprint density at radius 3 is 2.44 bits per heavy atom. The minimum absolute atomic E-state index is 0.526. The molecule has 0 unspecified atom stereocenters. The van der Waals surface area contributed by atoms with Crippen molar-refractivity contribution in [2.24, 2.45) is 0 Å². The molecule has 3 heteroatoms. The van der Waals surface area contributed by atoms with E-state index in [1.807, 2.05) is 48.5 Å². The normalized spacial score (nSPS) is 9.78. The van der Waals surface area contributed by atoms with E-state index in [1.54, 1.807) is 0 Å². The molecule has 0 N–H and O–H groups in total. The van der Waals surface area contributed by atoms with Gasteiger partial charge in [-0.2, -0.15) is 5.26 Å². The summed E-state index contributed by atoms with van der Waals surface area (Å²) in [7, 11) is 0. The van der Waals surface area contributed by atoms with Gasteiger partial charge in [0.15, 0.2) is 0 Å². The highest BCUT2D eigenvalue weighted by Crippen LogP contribution is 2.20. The average Bonchev–Trinajstić information content (AvgIpc) is 2.40. The molecule has 0 heterocycles. The highest BCUT2D eigenvalue weighted by molar-refractivity contribution is 8.11. The van der Waals surface area contributed by atoms with Crippen LogP contribution in [0.3, 0.4) is 0 Å². The smallest absolute Gasteiger partial charge is 0.0994 e. The number of rotatable bonds is 3. The van der Waals surface area contributed by atoms with E-state index in [9.17, 15) is 5.26 Å². The van der Waals surface area contributed by atoms with Crippen molar-refractivity contribution >= 4 is 29.0 Å². The van der Waals surface area contributed by atoms with Gasteiger partial charge in [-0.15, -0.1) is 12.6 Å². The molecule has 18 heavy (non-hydrogen) atoms. The molecule has 2 aromatic carbocycles. The molecule has 0 radical (unpaired) electrons. The summed E-state index contributed by atoms with van der Waals surface area (Å²) in [5.74, 6) is 0. The van der Waals surface area contributed by atoms with E-state index in [1.165, 1.54) is 0 Å². The Labute approximate surface area is 117 Å². The first-order valence-corrected chi connectivity index (χ1v) is 6.37. The molecule has 2 rings (SSSR count). The van der Waals surface area contributed by atoms with Crippen molar-refractivity contribution < 1.29 is 0 Å². The van der Waals surface area contributed by atoms with E-state index in [0.717, 1.165) is 16.7 Å². The van der Waals surface area contributed by atoms with E-state index in [2.05, 4.69) is 18.7 Å². The summed E-state index contributed by atoms with van der Waals surface area (Å²) in [5, 5.41) is 9.18. The fourth-order valence-corrected chi connectivity index (χ4v) is 2.28. The largest absolute Gasteiger partial charge is 0.192 e. The van der Waals surface area contributed by atoms with Gasteiger partial charge in [0.05, 0.1) is 15.8 Å². The fourth-order valence-electron chi connectivity index (χ4n) is 1.88. The first-order chi connectivity index (χ1) is 8.72. The molecule has 0 amide bonds. The SMILES string of the molecule is N#Cc1cccc(C(=S)S)c1Cc1ccccc1. The molecule has 0 saturated heterocycles. The molecule has 88 valence electrons. The van der Waals surface area contributed by atoms with Crippen molar-refractivity contribution in [3.05, 3.63) is 70.8 Å². The van der Waals surface area contributed by atoms with Crippen LogP contribution in [0.1, 0.15) is 22.3 Å². The number of hydrogen-bond donors (Lipinski definition) is 1. The molecule has 0 bridgehead atoms. The zero-order valence-corrected chi connectivity index (χ0v) is 11.3. The van der Waals surface area contributed by atoms with Crippen LogP contribution in [0.4, 0.5) is 0 Å². The lowest BCUT2D eigenvalue weighted by atomic mass is 9.96. The number of thiocarbonyl (C=S) groups is 1. The molecule has 0 aliphatic carbocycles. The summed E-state index contributed by atoms with van der Waals surface area (Å²) in [4.78, 5) is 0. The third-order valence-corrected chi connectivity index (χ3v) is 3.21. The molecule has 0 aliphatic rings. The van der Waals surface area contributed by atoms with Gasteiger partial charge in [-0.1, -0.05) is 54.7 Å². The lowest BCUT2D eigenvalue weighted by molar-refractivity contribution is 1.17. The lowest BCUT2D eigenvalue weighted by Crippen LogP contribution is -2.01. The molecule has 0 atom stereocenters. The Morgan fingerprint density at radius 2 is 1.83 bits per heavy atom. The maximum atomic E-state index is 9.18. The molecular weight excluding hydrogens is 258 g/mol. The van der Waals surface area contributed by atoms with Gasteiger partial charge in [-0.25, -0.2) is 0 Å². The van der Waals surface area contributed by atoms with E-state index < -0.39 is 0 Å². The van der Waals surface area contributed by atoms with Gasteiger partial charge < -0.3 is 0 Å². The Morgan fingerprint density at radius 1 is 1.11 bits per heavy atom. The third-order valence-electron chi connectivity index (χ3n) is 2.75. The molecule has 1 nitrogen and oxygen atoms in total. The van der Waals surface area contributed by atoms with Gasteiger partial charge in [0.2, 0.25) is 0 Å². The van der Waals surface area contributed by atoms with E-state index in [-0.39, 0.29) is 0 Å². The molecule has 0 aliphatic heterocycles. The summed E-state index contributed by atoms with van der Waals surface area (Å²) in [6, 6.07) is 17.8. The predicted octanol–water partition coefficient (Wildman–Crippen LogP) is 3.75. The molecule has 2 aromatic rings. The van der Waals surface area contributed by atoms with Crippen molar-refractivity contribution in [2.45, 2.75) is 6.42 Å². The van der Waals surface area contributed by atoms with Crippen LogP contribution >= 0.6 is 24.8 Å². The number of thiol groups is 1. The second-order valence-corrected chi connectivity index (χ2v) is 5.07. The lowest BCUT2D eigenvalue weighted by Gasteiger charge is -2.10. The van der Waals surface area contributed by atoms with Gasteiger partial charge in [-0.05, 0) is 23.6 Å². The zero-order chi connectivity index (χ0) is 13.0. The van der Waals surface area contributed by atoms with E-state index in [0.29, 0.717) is 16.2 Å². The standard InChI is InChI=1S/C15H11NS2/c16-10-12-7-4-8-13(15(17)18)14(12)9-11-5-2-1-3-6-11/h1-8H,9H2,(H,17,18). The molecule has 0 spiro atoms. The Bertz CT molecular complexity index is 612. The van der Waals surface area contributed by atoms with Crippen LogP contribution in [0.2, 0.25) is 0 Å². The van der Waals surface area contributed by atoms with E-state index in [4.69, 9.17) is 12.2 Å². The first kappa shape index (κ1) is 12.8. The topological polar surface area (TPSA) is 23.8 Å². The maximum absolute atomic E-state index is 9.18. The molecule has 0 aromatic heterocycles. The Balaban J connectivity index is 2.49. The van der Waals surface area contributed by atoms with Crippen molar-refractivity contribution in [1.82, 2.24) is 0 Å². The van der Waals surface area contributed by atoms with Crippen LogP contribution in [-0.4, -0.2) is 4.20 Å². The number of benzene rings is 2. The molecule has 0 saturated carbocycles. The minimum Gasteiger partial charge on any atom is -0.192 e. The first-order valence-electron chi connectivity index (χ1n) is 5.51. The summed E-state index contributed by atoms with van der Waals surface area (Å²) < 4.78 is 0.526. The summed E-state index contributed by atoms with van der Waals surface area (Å²) in [5.41, 5.74) is 3.64. The highest BCUT2D eigenvalue weighted by Gasteiger charge is 2.10. The van der Waals surface area contributed by atoms with Crippen molar-refractivity contribution in [1.29, 1.82) is 5.26 Å². The fraction of sp³-hybridized carbons (Fsp3) is 0.0667. The van der Waals surface area contributed by atoms with Crippen LogP contribution in [0.25, 0.3) is 0 Å². The summed E-state index contributed by atoms with van der Waals surface area (Å²) in [6.45, 7) is 0. The van der Waals surface area contributed by atoms with Crippen molar-refractivity contribution in [3.8, 4) is 6.07 Å². The predicted molar refractivity (Wildman–Crippen MR) is 81.1 cm³/mol. The Hall–Kier alpha value is -1.63. The van der Waals surface area contributed by atoms with Crippen LogP contribution in [0.15, 0.2) is 48.5 Å². The third kappa shape index (κ3) is 2.79. The quantitative estimate of drug-likeness (QED) is 0.677. The van der Waals surface area contributed by atoms with Crippen LogP contribution in [0.5, 0.6) is 0 Å². The van der Waals surface area contributed by atoms with Crippen molar-refractivity contribution in [2.75, 3.05) is 0 Å². The zero-order valence-electron chi connectivity index (χ0n) is 9.63. The van der Waals surface area contributed by atoms with Crippen LogP contribution in [-0.2, 0) is 6.42 Å². The second-order valence-electron chi connectivity index (χ2n) is 3.91. The van der Waals surface area contributed by atoms with Gasteiger partial charge in [0, 0.05) is 5.56 Å². The molecule has 0 fully saturated rings. The van der Waals surface area contributed by atoms with Gasteiger partial charge in [-0.3, -0.25) is 0 Å². The molecular formula is C15H11NS2.